The summed E-state index contributed by atoms with van der Waals surface area (Å²) in [5.74, 6) is -0.655. The molecule has 31 heavy (non-hydrogen) atoms. The van der Waals surface area contributed by atoms with Crippen molar-refractivity contribution in [3.05, 3.63) is 95.1 Å². The molecule has 0 unspecified atom stereocenters. The zero-order valence-corrected chi connectivity index (χ0v) is 17.8. The van der Waals surface area contributed by atoms with Crippen LogP contribution < -0.4 is 5.32 Å². The Hall–Kier alpha value is -3.86. The number of anilines is 1. The number of phenols is 1. The number of esters is 1. The Labute approximate surface area is 182 Å². The minimum absolute atomic E-state index is 0.179. The maximum Gasteiger partial charge on any atom is 0.340 e. The summed E-state index contributed by atoms with van der Waals surface area (Å²) in [6, 6.07) is 20.8. The number of nitrogens with one attached hydrogen (secondary N) is 1. The van der Waals surface area contributed by atoms with Crippen molar-refractivity contribution in [1.82, 2.24) is 0 Å². The maximum atomic E-state index is 12.7. The quantitative estimate of drug-likeness (QED) is 0.410. The van der Waals surface area contributed by atoms with E-state index in [1.54, 1.807) is 81.4 Å². The van der Waals surface area contributed by atoms with Crippen molar-refractivity contribution in [2.45, 2.75) is 26.4 Å². The fourth-order valence-electron chi connectivity index (χ4n) is 2.88. The Bertz CT molecular complexity index is 1110. The Morgan fingerprint density at radius 2 is 1.55 bits per heavy atom. The maximum absolute atomic E-state index is 12.7. The van der Waals surface area contributed by atoms with Gasteiger partial charge in [0.05, 0.1) is 11.3 Å². The van der Waals surface area contributed by atoms with E-state index >= 15 is 0 Å². The highest BCUT2D eigenvalue weighted by atomic mass is 16.6. The van der Waals surface area contributed by atoms with Crippen LogP contribution in [0.1, 0.15) is 52.6 Å². The molecular weight excluding hydrogens is 390 g/mol. The first-order valence-corrected chi connectivity index (χ1v) is 9.92. The number of aromatic hydroxyl groups is 1. The summed E-state index contributed by atoms with van der Waals surface area (Å²) >= 11 is 0. The molecule has 0 atom stereocenters. The molecule has 158 valence electrons. The van der Waals surface area contributed by atoms with Crippen molar-refractivity contribution in [1.29, 1.82) is 0 Å². The van der Waals surface area contributed by atoms with E-state index in [-0.39, 0.29) is 17.2 Å². The highest BCUT2D eigenvalue weighted by Gasteiger charge is 2.21. The van der Waals surface area contributed by atoms with Gasteiger partial charge in [-0.3, -0.25) is 4.79 Å². The Balaban J connectivity index is 1.93. The van der Waals surface area contributed by atoms with Crippen LogP contribution in [0.5, 0.6) is 5.75 Å². The molecule has 3 aromatic carbocycles. The van der Waals surface area contributed by atoms with Gasteiger partial charge in [0.1, 0.15) is 11.4 Å². The average molecular weight is 415 g/mol. The van der Waals surface area contributed by atoms with Crippen molar-refractivity contribution in [3.8, 4) is 5.75 Å². The molecule has 1 amide bonds. The van der Waals surface area contributed by atoms with Gasteiger partial charge in [0.25, 0.3) is 5.91 Å². The van der Waals surface area contributed by atoms with E-state index in [0.717, 1.165) is 11.1 Å². The Morgan fingerprint density at radius 1 is 0.871 bits per heavy atom. The molecule has 0 aromatic heterocycles. The molecule has 2 N–H and O–H groups in total. The van der Waals surface area contributed by atoms with E-state index < -0.39 is 11.6 Å². The molecule has 0 radical (unpaired) electrons. The zero-order chi connectivity index (χ0) is 22.4. The molecule has 0 aliphatic heterocycles. The summed E-state index contributed by atoms with van der Waals surface area (Å²) in [5.41, 5.74) is 2.06. The molecule has 0 bridgehead atoms. The number of carbonyl (C=O) groups is 2. The third kappa shape index (κ3) is 6.31. The standard InChI is InChI=1S/C26H25NO4/c1-26(2,3)31-25(30)22-15-14-19(13-12-18-8-7-11-21(28)16-18)17-23(22)27-24(29)20-9-5-4-6-10-20/h4-17,28H,1-3H3,(H,27,29)/b13-12+. The number of carbonyl (C=O) groups excluding carboxylic acids is 2. The highest BCUT2D eigenvalue weighted by molar-refractivity contribution is 6.08. The van der Waals surface area contributed by atoms with Crippen LogP contribution >= 0.6 is 0 Å². The van der Waals surface area contributed by atoms with E-state index in [1.165, 1.54) is 0 Å². The van der Waals surface area contributed by atoms with Crippen LogP contribution in [0.25, 0.3) is 12.2 Å². The minimum atomic E-state index is -0.661. The molecule has 0 aliphatic carbocycles. The van der Waals surface area contributed by atoms with Gasteiger partial charge in [0, 0.05) is 5.56 Å². The first kappa shape index (κ1) is 21.8. The number of phenolic OH excluding ortho intramolecular Hbond substituents is 1. The number of hydrogen-bond donors (Lipinski definition) is 2. The van der Waals surface area contributed by atoms with Crippen molar-refractivity contribution >= 4 is 29.7 Å². The molecule has 0 saturated heterocycles. The lowest BCUT2D eigenvalue weighted by atomic mass is 10.1. The first-order chi connectivity index (χ1) is 14.7. The predicted octanol–water partition coefficient (Wildman–Crippen LogP) is 5.77. The van der Waals surface area contributed by atoms with Crippen molar-refractivity contribution in [3.63, 3.8) is 0 Å². The van der Waals surface area contributed by atoms with Crippen molar-refractivity contribution in [2.24, 2.45) is 0 Å². The molecule has 5 nitrogen and oxygen atoms in total. The van der Waals surface area contributed by atoms with E-state index in [0.29, 0.717) is 11.3 Å². The summed E-state index contributed by atoms with van der Waals surface area (Å²) < 4.78 is 5.50. The van der Waals surface area contributed by atoms with E-state index in [2.05, 4.69) is 5.32 Å². The lowest BCUT2D eigenvalue weighted by molar-refractivity contribution is 0.00707. The van der Waals surface area contributed by atoms with Crippen LogP contribution in [0.4, 0.5) is 5.69 Å². The first-order valence-electron chi connectivity index (χ1n) is 9.92. The second-order valence-electron chi connectivity index (χ2n) is 8.06. The topological polar surface area (TPSA) is 75.6 Å². The van der Waals surface area contributed by atoms with Gasteiger partial charge in [-0.05, 0) is 68.3 Å². The second kappa shape index (κ2) is 9.30. The summed E-state index contributed by atoms with van der Waals surface area (Å²) in [6.45, 7) is 5.37. The summed E-state index contributed by atoms with van der Waals surface area (Å²) in [7, 11) is 0. The summed E-state index contributed by atoms with van der Waals surface area (Å²) in [6.07, 6.45) is 3.68. The Kier molecular flexibility index (Phi) is 6.55. The molecule has 0 spiro atoms. The number of rotatable bonds is 5. The minimum Gasteiger partial charge on any atom is -0.508 e. The molecule has 0 aliphatic rings. The monoisotopic (exact) mass is 415 g/mol. The number of ether oxygens (including phenoxy) is 1. The SMILES string of the molecule is CC(C)(C)OC(=O)c1ccc(/C=C/c2cccc(O)c2)cc1NC(=O)c1ccccc1. The van der Waals surface area contributed by atoms with Gasteiger partial charge >= 0.3 is 5.97 Å². The van der Waals surface area contributed by atoms with Crippen LogP contribution in [0, 0.1) is 0 Å². The van der Waals surface area contributed by atoms with Crippen LogP contribution in [0.2, 0.25) is 0 Å². The number of benzene rings is 3. The van der Waals surface area contributed by atoms with Gasteiger partial charge in [-0.1, -0.05) is 48.6 Å². The summed E-state index contributed by atoms with van der Waals surface area (Å²) in [5, 5.41) is 12.4. The fourth-order valence-corrected chi connectivity index (χ4v) is 2.88. The lowest BCUT2D eigenvalue weighted by Gasteiger charge is -2.21. The lowest BCUT2D eigenvalue weighted by Crippen LogP contribution is -2.25. The largest absolute Gasteiger partial charge is 0.508 e. The van der Waals surface area contributed by atoms with E-state index in [9.17, 15) is 14.7 Å². The zero-order valence-electron chi connectivity index (χ0n) is 17.8. The highest BCUT2D eigenvalue weighted by Crippen LogP contribution is 2.24. The van der Waals surface area contributed by atoms with Crippen LogP contribution in [0.3, 0.4) is 0 Å². The fraction of sp³-hybridized carbons (Fsp3) is 0.154. The molecule has 0 saturated carbocycles. The van der Waals surface area contributed by atoms with Gasteiger partial charge in [-0.2, -0.15) is 0 Å². The summed E-state index contributed by atoms with van der Waals surface area (Å²) in [4.78, 5) is 25.4. The normalized spacial score (nSPS) is 11.3. The molecule has 0 heterocycles. The molecule has 3 rings (SSSR count). The third-order valence-corrected chi connectivity index (χ3v) is 4.29. The van der Waals surface area contributed by atoms with Gasteiger partial charge in [-0.25, -0.2) is 4.79 Å². The predicted molar refractivity (Wildman–Crippen MR) is 123 cm³/mol. The van der Waals surface area contributed by atoms with Gasteiger partial charge < -0.3 is 15.2 Å². The second-order valence-corrected chi connectivity index (χ2v) is 8.06. The van der Waals surface area contributed by atoms with Gasteiger partial charge in [0.15, 0.2) is 0 Å². The molecular formula is C26H25NO4. The van der Waals surface area contributed by atoms with E-state index in [1.807, 2.05) is 24.3 Å². The van der Waals surface area contributed by atoms with Crippen molar-refractivity contribution < 1.29 is 19.4 Å². The molecule has 0 fully saturated rings. The van der Waals surface area contributed by atoms with Gasteiger partial charge in [-0.15, -0.1) is 0 Å². The number of amides is 1. The van der Waals surface area contributed by atoms with Crippen molar-refractivity contribution in [2.75, 3.05) is 5.32 Å². The molecule has 5 heteroatoms. The van der Waals surface area contributed by atoms with Gasteiger partial charge in [0.2, 0.25) is 0 Å². The third-order valence-electron chi connectivity index (χ3n) is 4.29. The number of hydrogen-bond acceptors (Lipinski definition) is 4. The average Bonchev–Trinajstić information content (AvgIpc) is 2.72. The van der Waals surface area contributed by atoms with Crippen LogP contribution in [-0.2, 0) is 4.74 Å². The van der Waals surface area contributed by atoms with E-state index in [4.69, 9.17) is 4.74 Å². The van der Waals surface area contributed by atoms with Crippen LogP contribution in [0.15, 0.2) is 72.8 Å². The Morgan fingerprint density at radius 3 is 2.19 bits per heavy atom. The smallest absolute Gasteiger partial charge is 0.340 e. The van der Waals surface area contributed by atoms with Crippen LogP contribution in [-0.4, -0.2) is 22.6 Å². The molecule has 3 aromatic rings.